The number of benzene rings is 1. The first-order valence-corrected chi connectivity index (χ1v) is 8.18. The Labute approximate surface area is 132 Å². The van der Waals surface area contributed by atoms with Gasteiger partial charge in [0.25, 0.3) is 0 Å². The Morgan fingerprint density at radius 1 is 1.14 bits per heavy atom. The van der Waals surface area contributed by atoms with Gasteiger partial charge >= 0.3 is 6.03 Å². The summed E-state index contributed by atoms with van der Waals surface area (Å²) in [5.41, 5.74) is 0.811. The summed E-state index contributed by atoms with van der Waals surface area (Å²) in [6.45, 7) is 7.63. The summed E-state index contributed by atoms with van der Waals surface area (Å²) >= 11 is 0. The molecule has 2 fully saturated rings. The Bertz CT molecular complexity index is 503. The number of rotatable bonds is 4. The highest BCUT2D eigenvalue weighted by atomic mass is 16.5. The van der Waals surface area contributed by atoms with Gasteiger partial charge in [0, 0.05) is 37.9 Å². The standard InChI is InChI=1S/C17H25N3O2/c1-13(2)22-16-7-3-14(4-8-16)18-17(21)20-11-9-19(10-12-20)15-5-6-15/h3-4,7-8,13,15H,5-6,9-12H2,1-2H3,(H,18,21). The molecule has 1 saturated carbocycles. The van der Waals surface area contributed by atoms with Crippen LogP contribution in [0.5, 0.6) is 5.75 Å². The van der Waals surface area contributed by atoms with Crippen LogP contribution in [0.1, 0.15) is 26.7 Å². The van der Waals surface area contributed by atoms with E-state index in [-0.39, 0.29) is 12.1 Å². The summed E-state index contributed by atoms with van der Waals surface area (Å²) in [6.07, 6.45) is 2.82. The second kappa shape index (κ2) is 6.57. The maximum absolute atomic E-state index is 12.3. The monoisotopic (exact) mass is 303 g/mol. The average molecular weight is 303 g/mol. The zero-order chi connectivity index (χ0) is 15.5. The minimum Gasteiger partial charge on any atom is -0.491 e. The number of hydrogen-bond acceptors (Lipinski definition) is 3. The van der Waals surface area contributed by atoms with Crippen LogP contribution >= 0.6 is 0 Å². The van der Waals surface area contributed by atoms with E-state index in [2.05, 4.69) is 10.2 Å². The molecule has 1 aromatic carbocycles. The quantitative estimate of drug-likeness (QED) is 0.930. The fourth-order valence-electron chi connectivity index (χ4n) is 2.82. The third kappa shape index (κ3) is 3.91. The maximum atomic E-state index is 12.3. The molecule has 0 spiro atoms. The Morgan fingerprint density at radius 3 is 2.32 bits per heavy atom. The SMILES string of the molecule is CC(C)Oc1ccc(NC(=O)N2CCN(C3CC3)CC2)cc1. The van der Waals surface area contributed by atoms with Crippen molar-refractivity contribution in [2.24, 2.45) is 0 Å². The minimum absolute atomic E-state index is 0.00650. The molecule has 0 atom stereocenters. The molecule has 5 nitrogen and oxygen atoms in total. The molecule has 2 aliphatic rings. The van der Waals surface area contributed by atoms with Crippen LogP contribution in [0.25, 0.3) is 0 Å². The Morgan fingerprint density at radius 2 is 1.77 bits per heavy atom. The molecule has 1 heterocycles. The van der Waals surface area contributed by atoms with Gasteiger partial charge in [0.1, 0.15) is 5.75 Å². The summed E-state index contributed by atoms with van der Waals surface area (Å²) in [5.74, 6) is 0.825. The zero-order valence-electron chi connectivity index (χ0n) is 13.4. The molecule has 0 radical (unpaired) electrons. The number of piperazine rings is 1. The van der Waals surface area contributed by atoms with Crippen LogP contribution in [0.15, 0.2) is 24.3 Å². The maximum Gasteiger partial charge on any atom is 0.321 e. The topological polar surface area (TPSA) is 44.8 Å². The van der Waals surface area contributed by atoms with Gasteiger partial charge in [0.05, 0.1) is 6.10 Å². The Balaban J connectivity index is 1.48. The number of carbonyl (C=O) groups excluding carboxylic acids is 1. The Hall–Kier alpha value is -1.75. The van der Waals surface area contributed by atoms with Crippen molar-refractivity contribution in [1.29, 1.82) is 0 Å². The lowest BCUT2D eigenvalue weighted by Gasteiger charge is -2.34. The predicted molar refractivity (Wildman–Crippen MR) is 87.4 cm³/mol. The summed E-state index contributed by atoms with van der Waals surface area (Å²) in [6, 6.07) is 8.33. The molecule has 1 aliphatic heterocycles. The summed E-state index contributed by atoms with van der Waals surface area (Å²) in [4.78, 5) is 16.7. The highest BCUT2D eigenvalue weighted by Gasteiger charge is 2.32. The van der Waals surface area contributed by atoms with E-state index in [1.165, 1.54) is 12.8 Å². The van der Waals surface area contributed by atoms with Gasteiger partial charge in [-0.05, 0) is 51.0 Å². The number of amides is 2. The van der Waals surface area contributed by atoms with E-state index >= 15 is 0 Å². The highest BCUT2D eigenvalue weighted by Crippen LogP contribution is 2.27. The number of nitrogens with one attached hydrogen (secondary N) is 1. The first-order valence-electron chi connectivity index (χ1n) is 8.18. The van der Waals surface area contributed by atoms with Crippen LogP contribution < -0.4 is 10.1 Å². The first kappa shape index (κ1) is 15.2. The number of carbonyl (C=O) groups is 1. The van der Waals surface area contributed by atoms with Crippen molar-refractivity contribution in [2.75, 3.05) is 31.5 Å². The second-order valence-corrected chi connectivity index (χ2v) is 6.38. The molecule has 2 amide bonds. The zero-order valence-corrected chi connectivity index (χ0v) is 13.4. The van der Waals surface area contributed by atoms with Gasteiger partial charge in [-0.15, -0.1) is 0 Å². The normalized spacial score (nSPS) is 19.3. The van der Waals surface area contributed by atoms with E-state index < -0.39 is 0 Å². The van der Waals surface area contributed by atoms with Crippen molar-refractivity contribution in [2.45, 2.75) is 38.8 Å². The number of urea groups is 1. The largest absolute Gasteiger partial charge is 0.491 e. The third-order valence-electron chi connectivity index (χ3n) is 4.14. The summed E-state index contributed by atoms with van der Waals surface area (Å²) in [5, 5.41) is 2.96. The van der Waals surface area contributed by atoms with Crippen LogP contribution in [0.4, 0.5) is 10.5 Å². The number of nitrogens with zero attached hydrogens (tertiary/aromatic N) is 2. The number of ether oxygens (including phenoxy) is 1. The highest BCUT2D eigenvalue weighted by molar-refractivity contribution is 5.89. The van der Waals surface area contributed by atoms with E-state index in [0.29, 0.717) is 0 Å². The van der Waals surface area contributed by atoms with Crippen molar-refractivity contribution in [3.8, 4) is 5.75 Å². The second-order valence-electron chi connectivity index (χ2n) is 6.38. The molecule has 1 saturated heterocycles. The van der Waals surface area contributed by atoms with Gasteiger partial charge in [-0.25, -0.2) is 4.79 Å². The van der Waals surface area contributed by atoms with Crippen LogP contribution in [0.3, 0.4) is 0 Å². The van der Waals surface area contributed by atoms with E-state index in [1.807, 2.05) is 43.0 Å². The van der Waals surface area contributed by atoms with Crippen molar-refractivity contribution in [1.82, 2.24) is 9.80 Å². The van der Waals surface area contributed by atoms with E-state index in [1.54, 1.807) is 0 Å². The van der Waals surface area contributed by atoms with Crippen molar-refractivity contribution < 1.29 is 9.53 Å². The van der Waals surface area contributed by atoms with Crippen LogP contribution in [0.2, 0.25) is 0 Å². The van der Waals surface area contributed by atoms with E-state index in [0.717, 1.165) is 43.7 Å². The molecule has 0 bridgehead atoms. The molecule has 5 heteroatoms. The molecule has 1 aliphatic carbocycles. The third-order valence-corrected chi connectivity index (χ3v) is 4.14. The van der Waals surface area contributed by atoms with Crippen molar-refractivity contribution >= 4 is 11.7 Å². The lowest BCUT2D eigenvalue weighted by atomic mass is 10.3. The van der Waals surface area contributed by atoms with E-state index in [9.17, 15) is 4.79 Å². The summed E-state index contributed by atoms with van der Waals surface area (Å²) in [7, 11) is 0. The molecule has 0 aromatic heterocycles. The lowest BCUT2D eigenvalue weighted by molar-refractivity contribution is 0.142. The van der Waals surface area contributed by atoms with Crippen LogP contribution in [0, 0.1) is 0 Å². The van der Waals surface area contributed by atoms with Gasteiger partial charge in [0.15, 0.2) is 0 Å². The van der Waals surface area contributed by atoms with Crippen molar-refractivity contribution in [3.63, 3.8) is 0 Å². The van der Waals surface area contributed by atoms with Gasteiger partial charge in [0.2, 0.25) is 0 Å². The molecule has 3 rings (SSSR count). The van der Waals surface area contributed by atoms with Crippen LogP contribution in [-0.2, 0) is 0 Å². The van der Waals surface area contributed by atoms with Gasteiger partial charge in [-0.3, -0.25) is 4.90 Å². The molecule has 22 heavy (non-hydrogen) atoms. The minimum atomic E-state index is -0.00650. The fraction of sp³-hybridized carbons (Fsp3) is 0.588. The molecular formula is C17H25N3O2. The van der Waals surface area contributed by atoms with Gasteiger partial charge < -0.3 is 15.0 Å². The molecule has 1 N–H and O–H groups in total. The van der Waals surface area contributed by atoms with Crippen molar-refractivity contribution in [3.05, 3.63) is 24.3 Å². The smallest absolute Gasteiger partial charge is 0.321 e. The van der Waals surface area contributed by atoms with E-state index in [4.69, 9.17) is 4.74 Å². The number of hydrogen-bond donors (Lipinski definition) is 1. The van der Waals surface area contributed by atoms with Gasteiger partial charge in [-0.1, -0.05) is 0 Å². The predicted octanol–water partition coefficient (Wildman–Crippen LogP) is 2.79. The fourth-order valence-corrected chi connectivity index (χ4v) is 2.82. The van der Waals surface area contributed by atoms with Crippen LogP contribution in [-0.4, -0.2) is 54.2 Å². The molecule has 0 unspecified atom stereocenters. The summed E-state index contributed by atoms with van der Waals surface area (Å²) < 4.78 is 5.60. The average Bonchev–Trinajstić information content (AvgIpc) is 3.34. The van der Waals surface area contributed by atoms with Gasteiger partial charge in [-0.2, -0.15) is 0 Å². The lowest BCUT2D eigenvalue weighted by Crippen LogP contribution is -2.50. The number of anilines is 1. The Kier molecular flexibility index (Phi) is 4.52. The first-order chi connectivity index (χ1) is 10.6. The molecule has 1 aromatic rings. The molecule has 120 valence electrons. The molecular weight excluding hydrogens is 278 g/mol.